The van der Waals surface area contributed by atoms with Crippen molar-refractivity contribution in [1.82, 2.24) is 4.98 Å². The van der Waals surface area contributed by atoms with Crippen molar-refractivity contribution in [3.05, 3.63) is 58.8 Å². The van der Waals surface area contributed by atoms with Gasteiger partial charge in [0.2, 0.25) is 0 Å². The highest BCUT2D eigenvalue weighted by Gasteiger charge is 2.07. The van der Waals surface area contributed by atoms with Crippen LogP contribution in [0.2, 0.25) is 0 Å². The molecule has 3 aromatic rings. The van der Waals surface area contributed by atoms with Crippen molar-refractivity contribution in [3.8, 4) is 22.8 Å². The zero-order chi connectivity index (χ0) is 13.4. The SMILES string of the molecule is O=c1cc(-c2ccc(O)cc2)[nH]c2cccc(O)c12. The molecule has 0 spiro atoms. The molecule has 0 fully saturated rings. The second-order valence-electron chi connectivity index (χ2n) is 4.29. The van der Waals surface area contributed by atoms with Gasteiger partial charge in [0, 0.05) is 11.8 Å². The lowest BCUT2D eigenvalue weighted by Crippen LogP contribution is -2.03. The Balaban J connectivity index is 2.27. The lowest BCUT2D eigenvalue weighted by atomic mass is 10.1. The van der Waals surface area contributed by atoms with Crippen LogP contribution in [0, 0.1) is 0 Å². The van der Waals surface area contributed by atoms with Gasteiger partial charge in [-0.25, -0.2) is 0 Å². The topological polar surface area (TPSA) is 73.3 Å². The molecule has 0 atom stereocenters. The minimum Gasteiger partial charge on any atom is -0.508 e. The second kappa shape index (κ2) is 4.17. The molecule has 2 aromatic carbocycles. The van der Waals surface area contributed by atoms with E-state index < -0.39 is 0 Å². The molecular weight excluding hydrogens is 242 g/mol. The average Bonchev–Trinajstić information content (AvgIpc) is 2.39. The highest BCUT2D eigenvalue weighted by Crippen LogP contribution is 2.24. The summed E-state index contributed by atoms with van der Waals surface area (Å²) in [4.78, 5) is 15.1. The Morgan fingerprint density at radius 3 is 2.42 bits per heavy atom. The molecule has 0 unspecified atom stereocenters. The van der Waals surface area contributed by atoms with Gasteiger partial charge in [-0.2, -0.15) is 0 Å². The summed E-state index contributed by atoms with van der Waals surface area (Å²) in [5.74, 6) is 0.139. The van der Waals surface area contributed by atoms with Crippen molar-refractivity contribution >= 4 is 10.9 Å². The molecule has 0 radical (unpaired) electrons. The van der Waals surface area contributed by atoms with Gasteiger partial charge < -0.3 is 15.2 Å². The van der Waals surface area contributed by atoms with Gasteiger partial charge in [0.25, 0.3) is 0 Å². The molecule has 4 nitrogen and oxygen atoms in total. The monoisotopic (exact) mass is 253 g/mol. The second-order valence-corrected chi connectivity index (χ2v) is 4.29. The molecule has 1 aromatic heterocycles. The van der Waals surface area contributed by atoms with Crippen LogP contribution in [0.15, 0.2) is 53.3 Å². The molecule has 1 heterocycles. The number of fused-ring (bicyclic) bond motifs is 1. The van der Waals surface area contributed by atoms with Crippen LogP contribution in [0.25, 0.3) is 22.2 Å². The van der Waals surface area contributed by atoms with Crippen molar-refractivity contribution < 1.29 is 10.2 Å². The van der Waals surface area contributed by atoms with Crippen molar-refractivity contribution in [2.75, 3.05) is 0 Å². The molecule has 0 aliphatic heterocycles. The molecule has 0 aliphatic carbocycles. The summed E-state index contributed by atoms with van der Waals surface area (Å²) in [7, 11) is 0. The maximum absolute atomic E-state index is 12.0. The normalized spacial score (nSPS) is 10.7. The van der Waals surface area contributed by atoms with Gasteiger partial charge in [-0.05, 0) is 42.0 Å². The summed E-state index contributed by atoms with van der Waals surface area (Å²) in [6.07, 6.45) is 0. The van der Waals surface area contributed by atoms with Gasteiger partial charge in [-0.15, -0.1) is 0 Å². The number of pyridine rings is 1. The van der Waals surface area contributed by atoms with Gasteiger partial charge >= 0.3 is 0 Å². The van der Waals surface area contributed by atoms with Gasteiger partial charge in [0.1, 0.15) is 11.5 Å². The minimum atomic E-state index is -0.241. The van der Waals surface area contributed by atoms with Crippen LogP contribution in [0.1, 0.15) is 0 Å². The standard InChI is InChI=1S/C15H11NO3/c17-10-6-4-9(5-7-10)12-8-14(19)15-11(16-12)2-1-3-13(15)18/h1-8,17-18H,(H,16,19). The van der Waals surface area contributed by atoms with E-state index in [9.17, 15) is 15.0 Å². The highest BCUT2D eigenvalue weighted by molar-refractivity contribution is 5.86. The smallest absolute Gasteiger partial charge is 0.193 e. The number of nitrogens with one attached hydrogen (secondary N) is 1. The van der Waals surface area contributed by atoms with Crippen molar-refractivity contribution in [2.24, 2.45) is 0 Å². The zero-order valence-corrected chi connectivity index (χ0v) is 9.92. The Hall–Kier alpha value is -2.75. The van der Waals surface area contributed by atoms with E-state index in [-0.39, 0.29) is 22.3 Å². The fraction of sp³-hybridized carbons (Fsp3) is 0. The first kappa shape index (κ1) is 11.3. The number of hydrogen-bond donors (Lipinski definition) is 3. The molecule has 0 saturated carbocycles. The molecular formula is C15H11NO3. The molecule has 19 heavy (non-hydrogen) atoms. The third-order valence-electron chi connectivity index (χ3n) is 3.01. The van der Waals surface area contributed by atoms with Gasteiger partial charge in [-0.1, -0.05) is 6.07 Å². The van der Waals surface area contributed by atoms with Crippen LogP contribution in [0.4, 0.5) is 0 Å². The number of phenolic OH excluding ortho intramolecular Hbond substituents is 2. The summed E-state index contributed by atoms with van der Waals surface area (Å²) < 4.78 is 0. The Morgan fingerprint density at radius 1 is 0.947 bits per heavy atom. The molecule has 3 rings (SSSR count). The van der Waals surface area contributed by atoms with Crippen LogP contribution in [-0.4, -0.2) is 15.2 Å². The number of aromatic amines is 1. The van der Waals surface area contributed by atoms with Crippen LogP contribution in [-0.2, 0) is 0 Å². The van der Waals surface area contributed by atoms with Crippen molar-refractivity contribution in [1.29, 1.82) is 0 Å². The molecule has 94 valence electrons. The van der Waals surface area contributed by atoms with E-state index in [1.54, 1.807) is 36.4 Å². The summed E-state index contributed by atoms with van der Waals surface area (Å²) in [5.41, 5.74) is 1.77. The maximum atomic E-state index is 12.0. The fourth-order valence-corrected chi connectivity index (χ4v) is 2.08. The third kappa shape index (κ3) is 1.93. The number of hydrogen-bond acceptors (Lipinski definition) is 3. The predicted octanol–water partition coefficient (Wildman–Crippen LogP) is 2.61. The van der Waals surface area contributed by atoms with E-state index in [0.29, 0.717) is 11.2 Å². The minimum absolute atomic E-state index is 0.0315. The van der Waals surface area contributed by atoms with Gasteiger partial charge in [-0.3, -0.25) is 4.79 Å². The van der Waals surface area contributed by atoms with Crippen LogP contribution in [0.3, 0.4) is 0 Å². The number of benzene rings is 2. The first-order chi connectivity index (χ1) is 9.15. The number of phenols is 2. The lowest BCUT2D eigenvalue weighted by Gasteiger charge is -2.05. The summed E-state index contributed by atoms with van der Waals surface area (Å²) in [5, 5.41) is 19.2. The van der Waals surface area contributed by atoms with E-state index in [0.717, 1.165) is 5.56 Å². The van der Waals surface area contributed by atoms with Gasteiger partial charge in [0.15, 0.2) is 5.43 Å². The maximum Gasteiger partial charge on any atom is 0.193 e. The quantitative estimate of drug-likeness (QED) is 0.624. The van der Waals surface area contributed by atoms with Crippen molar-refractivity contribution in [2.45, 2.75) is 0 Å². The Labute approximate surface area is 108 Å². The third-order valence-corrected chi connectivity index (χ3v) is 3.01. The van der Waals surface area contributed by atoms with E-state index in [1.165, 1.54) is 12.1 Å². The molecule has 3 N–H and O–H groups in total. The van der Waals surface area contributed by atoms with E-state index in [4.69, 9.17) is 0 Å². The first-order valence-electron chi connectivity index (χ1n) is 5.79. The summed E-state index contributed by atoms with van der Waals surface area (Å²) >= 11 is 0. The van der Waals surface area contributed by atoms with Crippen molar-refractivity contribution in [3.63, 3.8) is 0 Å². The number of aromatic hydroxyl groups is 2. The predicted molar refractivity (Wildman–Crippen MR) is 73.3 cm³/mol. The largest absolute Gasteiger partial charge is 0.508 e. The van der Waals surface area contributed by atoms with E-state index in [2.05, 4.69) is 4.98 Å². The van der Waals surface area contributed by atoms with E-state index >= 15 is 0 Å². The fourth-order valence-electron chi connectivity index (χ4n) is 2.08. The summed E-state index contributed by atoms with van der Waals surface area (Å²) in [6, 6.07) is 12.9. The summed E-state index contributed by atoms with van der Waals surface area (Å²) in [6.45, 7) is 0. The van der Waals surface area contributed by atoms with Crippen LogP contribution < -0.4 is 5.43 Å². The zero-order valence-electron chi connectivity index (χ0n) is 9.92. The first-order valence-corrected chi connectivity index (χ1v) is 5.79. The molecule has 4 heteroatoms. The molecule has 0 aliphatic rings. The lowest BCUT2D eigenvalue weighted by molar-refractivity contribution is 0.475. The molecule has 0 amide bonds. The van der Waals surface area contributed by atoms with Crippen LogP contribution in [0.5, 0.6) is 11.5 Å². The number of H-pyrrole nitrogens is 1. The Bertz CT molecular complexity index is 804. The average molecular weight is 253 g/mol. The Morgan fingerprint density at radius 2 is 1.68 bits per heavy atom. The van der Waals surface area contributed by atoms with Gasteiger partial charge in [0.05, 0.1) is 10.9 Å². The molecule has 0 saturated heterocycles. The number of aromatic nitrogens is 1. The Kier molecular flexibility index (Phi) is 2.49. The highest BCUT2D eigenvalue weighted by atomic mass is 16.3. The van der Waals surface area contributed by atoms with Crippen LogP contribution >= 0.6 is 0 Å². The number of rotatable bonds is 1. The molecule has 0 bridgehead atoms. The van der Waals surface area contributed by atoms with E-state index in [1.807, 2.05) is 0 Å².